The molecule has 9 heteroatoms. The van der Waals surface area contributed by atoms with E-state index in [4.69, 9.17) is 0 Å². The van der Waals surface area contributed by atoms with Gasteiger partial charge in [-0.1, -0.05) is 18.2 Å². The molecule has 2 aliphatic rings. The van der Waals surface area contributed by atoms with Gasteiger partial charge in [-0.3, -0.25) is 0 Å². The van der Waals surface area contributed by atoms with Crippen LogP contribution >= 0.6 is 11.3 Å². The second kappa shape index (κ2) is 7.44. The summed E-state index contributed by atoms with van der Waals surface area (Å²) < 4.78 is 54.2. The Hall–Kier alpha value is -1.58. The summed E-state index contributed by atoms with van der Waals surface area (Å²) in [7, 11) is -3.70. The first-order valence-electron chi connectivity index (χ1n) is 8.75. The first-order chi connectivity index (χ1) is 12.6. The SMILES string of the molecule is Cc1nc(N2CCN(S(=O)(=O)C3=CCC=C(C(C)(F)F)C=C3)CC2)sc1C. The van der Waals surface area contributed by atoms with Gasteiger partial charge < -0.3 is 4.90 Å². The van der Waals surface area contributed by atoms with Crippen molar-refractivity contribution in [2.45, 2.75) is 33.1 Å². The summed E-state index contributed by atoms with van der Waals surface area (Å²) >= 11 is 1.61. The maximum atomic E-state index is 13.5. The average molecular weight is 416 g/mol. The second-order valence-corrected chi connectivity index (χ2v) is 9.87. The van der Waals surface area contributed by atoms with Crippen LogP contribution in [0.25, 0.3) is 0 Å². The molecule has 1 aromatic rings. The Bertz CT molecular complexity index is 884. The number of thiazole rings is 1. The number of hydrogen-bond acceptors (Lipinski definition) is 5. The van der Waals surface area contributed by atoms with Gasteiger partial charge in [0.2, 0.25) is 10.0 Å². The zero-order valence-electron chi connectivity index (χ0n) is 15.6. The highest BCUT2D eigenvalue weighted by atomic mass is 32.2. The van der Waals surface area contributed by atoms with Gasteiger partial charge in [-0.15, -0.1) is 11.3 Å². The maximum Gasteiger partial charge on any atom is 0.270 e. The Morgan fingerprint density at radius 3 is 2.33 bits per heavy atom. The third-order valence-electron chi connectivity index (χ3n) is 4.76. The summed E-state index contributed by atoms with van der Waals surface area (Å²) in [4.78, 5) is 7.85. The molecular formula is C18H23F2N3O2S2. The molecule has 1 fully saturated rings. The Morgan fingerprint density at radius 2 is 1.78 bits per heavy atom. The van der Waals surface area contributed by atoms with Gasteiger partial charge >= 0.3 is 0 Å². The predicted octanol–water partition coefficient (Wildman–Crippen LogP) is 3.64. The Morgan fingerprint density at radius 1 is 1.11 bits per heavy atom. The highest BCUT2D eigenvalue weighted by Gasteiger charge is 2.31. The van der Waals surface area contributed by atoms with E-state index in [1.165, 1.54) is 28.6 Å². The fourth-order valence-electron chi connectivity index (χ4n) is 2.99. The van der Waals surface area contributed by atoms with E-state index in [9.17, 15) is 17.2 Å². The first-order valence-corrected chi connectivity index (χ1v) is 11.0. The van der Waals surface area contributed by atoms with Crippen LogP contribution in [0.4, 0.5) is 13.9 Å². The highest BCUT2D eigenvalue weighted by Crippen LogP contribution is 2.30. The van der Waals surface area contributed by atoms with Crippen LogP contribution in [-0.2, 0) is 10.0 Å². The number of aryl methyl sites for hydroxylation is 2. The third kappa shape index (κ3) is 4.30. The van der Waals surface area contributed by atoms with Crippen LogP contribution in [0.2, 0.25) is 0 Å². The topological polar surface area (TPSA) is 53.5 Å². The molecule has 1 aromatic heterocycles. The van der Waals surface area contributed by atoms with E-state index in [1.807, 2.05) is 13.8 Å². The van der Waals surface area contributed by atoms with Crippen molar-refractivity contribution in [3.05, 3.63) is 45.4 Å². The van der Waals surface area contributed by atoms with Crippen molar-refractivity contribution in [2.75, 3.05) is 31.1 Å². The molecule has 2 heterocycles. The summed E-state index contributed by atoms with van der Waals surface area (Å²) in [6.45, 7) is 6.58. The molecule has 0 saturated carbocycles. The summed E-state index contributed by atoms with van der Waals surface area (Å²) in [6.07, 6.45) is 5.51. The van der Waals surface area contributed by atoms with Gasteiger partial charge in [0.25, 0.3) is 5.92 Å². The largest absolute Gasteiger partial charge is 0.345 e. The number of hydrogen-bond donors (Lipinski definition) is 0. The van der Waals surface area contributed by atoms with E-state index in [-0.39, 0.29) is 16.9 Å². The minimum Gasteiger partial charge on any atom is -0.345 e. The zero-order valence-corrected chi connectivity index (χ0v) is 17.2. The van der Waals surface area contributed by atoms with Crippen LogP contribution in [0.3, 0.4) is 0 Å². The predicted molar refractivity (Wildman–Crippen MR) is 105 cm³/mol. The normalized spacial score (nSPS) is 19.7. The van der Waals surface area contributed by atoms with Crippen molar-refractivity contribution in [2.24, 2.45) is 0 Å². The molecule has 1 aliphatic heterocycles. The number of nitrogens with zero attached hydrogens (tertiary/aromatic N) is 3. The lowest BCUT2D eigenvalue weighted by atomic mass is 10.1. The standard InChI is InChI=1S/C18H23F2N3O2S2/c1-13-14(2)26-17(21-13)22-9-11-23(12-10-22)27(24,25)16-6-4-5-15(7-8-16)18(3,19)20/h5-8H,4,9-12H2,1-3H3. The Labute approximate surface area is 162 Å². The van der Waals surface area contributed by atoms with Gasteiger partial charge in [0.05, 0.1) is 10.6 Å². The van der Waals surface area contributed by atoms with Crippen molar-refractivity contribution in [3.63, 3.8) is 0 Å². The van der Waals surface area contributed by atoms with Crippen molar-refractivity contribution in [3.8, 4) is 0 Å². The molecule has 1 aliphatic carbocycles. The van der Waals surface area contributed by atoms with E-state index in [1.54, 1.807) is 11.3 Å². The molecule has 3 rings (SSSR count). The molecule has 1 saturated heterocycles. The summed E-state index contributed by atoms with van der Waals surface area (Å²) in [6, 6.07) is 0. The number of halogens is 2. The van der Waals surface area contributed by atoms with Crippen LogP contribution in [-0.4, -0.2) is 49.8 Å². The van der Waals surface area contributed by atoms with Crippen LogP contribution < -0.4 is 4.90 Å². The molecule has 0 amide bonds. The summed E-state index contributed by atoms with van der Waals surface area (Å²) in [5.74, 6) is -2.99. The zero-order chi connectivity index (χ0) is 19.8. The molecule has 0 radical (unpaired) electrons. The third-order valence-corrected chi connectivity index (χ3v) is 7.83. The molecule has 0 spiro atoms. The Kier molecular flexibility index (Phi) is 5.56. The van der Waals surface area contributed by atoms with Crippen LogP contribution in [0, 0.1) is 13.8 Å². The molecule has 148 valence electrons. The van der Waals surface area contributed by atoms with Crippen molar-refractivity contribution in [1.29, 1.82) is 0 Å². The van der Waals surface area contributed by atoms with E-state index >= 15 is 0 Å². The fraction of sp³-hybridized carbons (Fsp3) is 0.500. The van der Waals surface area contributed by atoms with Crippen molar-refractivity contribution < 1.29 is 17.2 Å². The number of allylic oxidation sites excluding steroid dienone is 5. The molecule has 0 bridgehead atoms. The molecule has 0 N–H and O–H groups in total. The van der Waals surface area contributed by atoms with Gasteiger partial charge in [0, 0.05) is 43.6 Å². The number of alkyl halides is 2. The summed E-state index contributed by atoms with van der Waals surface area (Å²) in [5.41, 5.74) is 0.832. The van der Waals surface area contributed by atoms with E-state index < -0.39 is 15.9 Å². The monoisotopic (exact) mass is 415 g/mol. The fourth-order valence-corrected chi connectivity index (χ4v) is 5.44. The van der Waals surface area contributed by atoms with Crippen molar-refractivity contribution in [1.82, 2.24) is 9.29 Å². The number of rotatable bonds is 4. The smallest absolute Gasteiger partial charge is 0.270 e. The van der Waals surface area contributed by atoms with Gasteiger partial charge in [-0.05, 0) is 26.3 Å². The van der Waals surface area contributed by atoms with Crippen LogP contribution in [0.5, 0.6) is 0 Å². The average Bonchev–Trinajstić information content (AvgIpc) is 2.81. The van der Waals surface area contributed by atoms with Gasteiger partial charge in [-0.25, -0.2) is 22.2 Å². The number of anilines is 1. The lowest BCUT2D eigenvalue weighted by Crippen LogP contribution is -2.48. The van der Waals surface area contributed by atoms with Gasteiger partial charge in [0.15, 0.2) is 5.13 Å². The minimum absolute atomic E-state index is 0.0763. The molecular weight excluding hydrogens is 392 g/mol. The number of aromatic nitrogens is 1. The van der Waals surface area contributed by atoms with E-state index in [0.717, 1.165) is 22.6 Å². The second-order valence-electron chi connectivity index (χ2n) is 6.75. The molecule has 0 aromatic carbocycles. The quantitative estimate of drug-likeness (QED) is 0.754. The van der Waals surface area contributed by atoms with Crippen LogP contribution in [0.15, 0.2) is 34.8 Å². The highest BCUT2D eigenvalue weighted by molar-refractivity contribution is 7.93. The first kappa shape index (κ1) is 20.2. The molecule has 27 heavy (non-hydrogen) atoms. The number of piperazine rings is 1. The van der Waals surface area contributed by atoms with E-state index in [2.05, 4.69) is 9.88 Å². The lowest BCUT2D eigenvalue weighted by molar-refractivity contribution is 0.0672. The number of sulfonamides is 1. The van der Waals surface area contributed by atoms with Gasteiger partial charge in [-0.2, -0.15) is 4.31 Å². The van der Waals surface area contributed by atoms with Crippen molar-refractivity contribution >= 4 is 26.5 Å². The maximum absolute atomic E-state index is 13.5. The van der Waals surface area contributed by atoms with Crippen LogP contribution in [0.1, 0.15) is 23.9 Å². The molecule has 0 unspecified atom stereocenters. The lowest BCUT2D eigenvalue weighted by Gasteiger charge is -2.34. The molecule has 5 nitrogen and oxygen atoms in total. The van der Waals surface area contributed by atoms with Gasteiger partial charge in [0.1, 0.15) is 0 Å². The minimum atomic E-state index is -3.70. The van der Waals surface area contributed by atoms with E-state index in [0.29, 0.717) is 26.2 Å². The molecule has 0 atom stereocenters. The summed E-state index contributed by atoms with van der Waals surface area (Å²) in [5, 5.41) is 0.912. The Balaban J connectivity index is 1.69.